The summed E-state index contributed by atoms with van der Waals surface area (Å²) < 4.78 is 0. The second-order valence-electron chi connectivity index (χ2n) is 2.08. The molecule has 0 aliphatic heterocycles. The van der Waals surface area contributed by atoms with Gasteiger partial charge in [0.05, 0.1) is 10.0 Å². The molecule has 0 aromatic carbocycles. The average molecular weight is 186 g/mol. The van der Waals surface area contributed by atoms with E-state index in [1.807, 2.05) is 13.8 Å². The summed E-state index contributed by atoms with van der Waals surface area (Å²) in [5.41, 5.74) is 0. The van der Waals surface area contributed by atoms with Gasteiger partial charge in [-0.25, -0.2) is 9.97 Å². The Bertz CT molecular complexity index is 298. The molecule has 0 bridgehead atoms. The molecule has 0 saturated heterocycles. The van der Waals surface area contributed by atoms with E-state index in [1.54, 1.807) is 22.7 Å². The van der Waals surface area contributed by atoms with Gasteiger partial charge in [0.2, 0.25) is 0 Å². The monoisotopic (exact) mass is 186 g/mol. The fraction of sp³-hybridized carbons (Fsp3) is 0.429. The van der Waals surface area contributed by atoms with E-state index in [1.165, 1.54) is 0 Å². The van der Waals surface area contributed by atoms with Gasteiger partial charge in [-0.15, -0.1) is 0 Å². The van der Waals surface area contributed by atoms with Crippen LogP contribution in [0.15, 0.2) is 0 Å². The molecule has 0 saturated carbocycles. The van der Waals surface area contributed by atoms with Crippen LogP contribution in [0, 0.1) is 13.8 Å². The summed E-state index contributed by atoms with van der Waals surface area (Å²) >= 11 is 3.32. The van der Waals surface area contributed by atoms with E-state index in [0.717, 1.165) is 19.7 Å². The van der Waals surface area contributed by atoms with Crippen LogP contribution in [0.2, 0.25) is 0 Å². The third kappa shape index (κ3) is 1.41. The van der Waals surface area contributed by atoms with E-state index in [-0.39, 0.29) is 7.43 Å². The third-order valence-electron chi connectivity index (χ3n) is 1.19. The number of fused-ring (bicyclic) bond motifs is 1. The highest BCUT2D eigenvalue weighted by molar-refractivity contribution is 7.26. The maximum absolute atomic E-state index is 4.31. The quantitative estimate of drug-likeness (QED) is 0.632. The first kappa shape index (κ1) is 8.62. The Labute approximate surface area is 73.9 Å². The molecule has 4 heteroatoms. The number of hydrogen-bond acceptors (Lipinski definition) is 4. The smallest absolute Gasteiger partial charge is 0.155 e. The molecule has 11 heavy (non-hydrogen) atoms. The zero-order valence-electron chi connectivity index (χ0n) is 5.71. The fourth-order valence-electron chi connectivity index (χ4n) is 0.840. The SMILES string of the molecule is C.Cc1nc2sc(C)nc2s1. The van der Waals surface area contributed by atoms with Crippen molar-refractivity contribution in [3.63, 3.8) is 0 Å². The van der Waals surface area contributed by atoms with Gasteiger partial charge in [-0.3, -0.25) is 0 Å². The topological polar surface area (TPSA) is 25.8 Å². The molecule has 0 spiro atoms. The Balaban J connectivity index is 0.000000605. The molecule has 2 heterocycles. The van der Waals surface area contributed by atoms with E-state index >= 15 is 0 Å². The minimum Gasteiger partial charge on any atom is -0.229 e. The zero-order valence-corrected chi connectivity index (χ0v) is 7.34. The lowest BCUT2D eigenvalue weighted by atomic mass is 10.8. The van der Waals surface area contributed by atoms with Crippen LogP contribution in [0.5, 0.6) is 0 Å². The minimum absolute atomic E-state index is 0. The summed E-state index contributed by atoms with van der Waals surface area (Å²) in [6.07, 6.45) is 0. The molecule has 0 fully saturated rings. The number of aryl methyl sites for hydroxylation is 2. The molecule has 0 N–H and O–H groups in total. The van der Waals surface area contributed by atoms with E-state index in [2.05, 4.69) is 9.97 Å². The van der Waals surface area contributed by atoms with Crippen LogP contribution in [-0.2, 0) is 0 Å². The Kier molecular flexibility index (Phi) is 2.25. The van der Waals surface area contributed by atoms with Crippen molar-refractivity contribution in [3.8, 4) is 0 Å². The summed E-state index contributed by atoms with van der Waals surface area (Å²) in [5.74, 6) is 0. The molecule has 0 radical (unpaired) electrons. The van der Waals surface area contributed by atoms with Crippen molar-refractivity contribution >= 4 is 32.3 Å². The standard InChI is InChI=1S/C6H6N2S2.CH4/c1-3-7-5-6(9-3)8-4(2)10-5;/h1-2H3;1H4. The van der Waals surface area contributed by atoms with Gasteiger partial charge >= 0.3 is 0 Å². The molecule has 0 atom stereocenters. The maximum atomic E-state index is 4.31. The summed E-state index contributed by atoms with van der Waals surface area (Å²) in [5, 5.41) is 2.21. The van der Waals surface area contributed by atoms with Gasteiger partial charge in [-0.05, 0) is 13.8 Å². The Morgan fingerprint density at radius 3 is 1.64 bits per heavy atom. The Hall–Kier alpha value is -0.480. The van der Waals surface area contributed by atoms with Gasteiger partial charge in [-0.2, -0.15) is 0 Å². The fourth-order valence-corrected chi connectivity index (χ4v) is 2.67. The van der Waals surface area contributed by atoms with Gasteiger partial charge < -0.3 is 0 Å². The number of rotatable bonds is 0. The minimum atomic E-state index is 0. The predicted molar refractivity (Wildman–Crippen MR) is 51.5 cm³/mol. The highest BCUT2D eigenvalue weighted by Gasteiger charge is 2.03. The molecule has 60 valence electrons. The molecule has 0 unspecified atom stereocenters. The molecular weight excluding hydrogens is 176 g/mol. The van der Waals surface area contributed by atoms with Gasteiger partial charge in [0.1, 0.15) is 0 Å². The highest BCUT2D eigenvalue weighted by atomic mass is 32.1. The summed E-state index contributed by atoms with van der Waals surface area (Å²) in [7, 11) is 0. The van der Waals surface area contributed by atoms with E-state index < -0.39 is 0 Å². The third-order valence-corrected chi connectivity index (χ3v) is 3.05. The molecule has 0 aliphatic rings. The lowest BCUT2D eigenvalue weighted by molar-refractivity contribution is 1.35. The summed E-state index contributed by atoms with van der Waals surface area (Å²) in [6, 6.07) is 0. The Morgan fingerprint density at radius 2 is 1.27 bits per heavy atom. The molecule has 2 aromatic heterocycles. The number of hydrogen-bond donors (Lipinski definition) is 0. The molecule has 0 aliphatic carbocycles. The van der Waals surface area contributed by atoms with Gasteiger partial charge in [0.15, 0.2) is 9.66 Å². The lowest BCUT2D eigenvalue weighted by Crippen LogP contribution is -1.61. The van der Waals surface area contributed by atoms with Crippen LogP contribution in [0.25, 0.3) is 9.66 Å². The van der Waals surface area contributed by atoms with Crippen LogP contribution in [0.3, 0.4) is 0 Å². The van der Waals surface area contributed by atoms with E-state index in [0.29, 0.717) is 0 Å². The summed E-state index contributed by atoms with van der Waals surface area (Å²) in [6.45, 7) is 4.02. The van der Waals surface area contributed by atoms with Crippen LogP contribution >= 0.6 is 22.7 Å². The van der Waals surface area contributed by atoms with Crippen molar-refractivity contribution < 1.29 is 0 Å². The number of aromatic nitrogens is 2. The van der Waals surface area contributed by atoms with Crippen molar-refractivity contribution in [1.82, 2.24) is 9.97 Å². The van der Waals surface area contributed by atoms with Gasteiger partial charge in [-0.1, -0.05) is 30.1 Å². The maximum Gasteiger partial charge on any atom is 0.155 e. The first-order valence-electron chi connectivity index (χ1n) is 2.96. The summed E-state index contributed by atoms with van der Waals surface area (Å²) in [4.78, 5) is 10.8. The first-order valence-corrected chi connectivity index (χ1v) is 4.59. The van der Waals surface area contributed by atoms with E-state index in [9.17, 15) is 0 Å². The zero-order chi connectivity index (χ0) is 7.14. The predicted octanol–water partition coefficient (Wildman–Crippen LogP) is 3.01. The lowest BCUT2D eigenvalue weighted by Gasteiger charge is -1.73. The van der Waals surface area contributed by atoms with Crippen LogP contribution in [0.4, 0.5) is 0 Å². The van der Waals surface area contributed by atoms with E-state index in [4.69, 9.17) is 0 Å². The largest absolute Gasteiger partial charge is 0.229 e. The number of nitrogens with zero attached hydrogens (tertiary/aromatic N) is 2. The van der Waals surface area contributed by atoms with Crippen molar-refractivity contribution in [3.05, 3.63) is 10.0 Å². The highest BCUT2D eigenvalue weighted by Crippen LogP contribution is 2.25. The average Bonchev–Trinajstić information content (AvgIpc) is 2.21. The van der Waals surface area contributed by atoms with Crippen LogP contribution in [-0.4, -0.2) is 9.97 Å². The van der Waals surface area contributed by atoms with Gasteiger partial charge in [0.25, 0.3) is 0 Å². The van der Waals surface area contributed by atoms with Crippen LogP contribution in [0.1, 0.15) is 17.4 Å². The molecular formula is C7H10N2S2. The van der Waals surface area contributed by atoms with Crippen molar-refractivity contribution in [1.29, 1.82) is 0 Å². The molecule has 2 rings (SSSR count). The molecule has 2 nitrogen and oxygen atoms in total. The second-order valence-corrected chi connectivity index (χ2v) is 4.44. The van der Waals surface area contributed by atoms with Crippen molar-refractivity contribution in [2.75, 3.05) is 0 Å². The van der Waals surface area contributed by atoms with Crippen molar-refractivity contribution in [2.45, 2.75) is 21.3 Å². The normalized spacial score (nSPS) is 10.0. The molecule has 0 amide bonds. The molecule has 2 aromatic rings. The van der Waals surface area contributed by atoms with Crippen molar-refractivity contribution in [2.24, 2.45) is 0 Å². The number of thiazole rings is 2. The Morgan fingerprint density at radius 1 is 0.909 bits per heavy atom. The first-order chi connectivity index (χ1) is 4.75. The van der Waals surface area contributed by atoms with Gasteiger partial charge in [0, 0.05) is 0 Å². The second kappa shape index (κ2) is 2.87. The van der Waals surface area contributed by atoms with Crippen LogP contribution < -0.4 is 0 Å².